The van der Waals surface area contributed by atoms with Crippen molar-refractivity contribution in [1.29, 1.82) is 0 Å². The lowest BCUT2D eigenvalue weighted by atomic mass is 10.1. The second-order valence-electron chi connectivity index (χ2n) is 6.19. The summed E-state index contributed by atoms with van der Waals surface area (Å²) in [5.74, 6) is 0. The molecule has 2 heterocycles. The molecule has 2 fully saturated rings. The van der Waals surface area contributed by atoms with E-state index in [0.29, 0.717) is 44.0 Å². The molecule has 1 aromatic rings. The molecule has 0 atom stereocenters. The lowest BCUT2D eigenvalue weighted by Crippen LogP contribution is -2.47. The Hall–Kier alpha value is -1.60. The molecule has 3 rings (SSSR count). The van der Waals surface area contributed by atoms with Crippen LogP contribution >= 0.6 is 0 Å². The Kier molecular flexibility index (Phi) is 4.33. The van der Waals surface area contributed by atoms with Crippen LogP contribution in [-0.4, -0.2) is 56.0 Å². The molecule has 0 aliphatic carbocycles. The number of nitrogens with zero attached hydrogens (tertiary/aromatic N) is 2. The van der Waals surface area contributed by atoms with Crippen LogP contribution in [0.5, 0.6) is 0 Å². The maximum Gasteiger partial charge on any atom is 0.410 e. The first kappa shape index (κ1) is 16.3. The number of hydrogen-bond acceptors (Lipinski definition) is 4. The minimum atomic E-state index is -3.46. The van der Waals surface area contributed by atoms with E-state index in [2.05, 4.69) is 0 Å². The van der Waals surface area contributed by atoms with E-state index < -0.39 is 10.0 Å². The van der Waals surface area contributed by atoms with Gasteiger partial charge in [-0.1, -0.05) is 6.07 Å². The van der Waals surface area contributed by atoms with Gasteiger partial charge in [0.2, 0.25) is 10.0 Å². The predicted molar refractivity (Wildman–Crippen MR) is 85.8 cm³/mol. The van der Waals surface area contributed by atoms with Crippen molar-refractivity contribution in [2.75, 3.05) is 26.2 Å². The van der Waals surface area contributed by atoms with E-state index in [0.717, 1.165) is 11.1 Å². The summed E-state index contributed by atoms with van der Waals surface area (Å²) >= 11 is 0. The molecule has 0 saturated carbocycles. The number of ether oxygens (including phenoxy) is 1. The van der Waals surface area contributed by atoms with Crippen molar-refractivity contribution in [2.45, 2.75) is 37.6 Å². The Balaban J connectivity index is 1.71. The van der Waals surface area contributed by atoms with Crippen molar-refractivity contribution < 1.29 is 17.9 Å². The summed E-state index contributed by atoms with van der Waals surface area (Å²) < 4.78 is 32.0. The molecule has 2 aliphatic heterocycles. The SMILES string of the molecule is Cc1ccc(S(=O)(=O)N2CCC(N3CCOC3=O)CC2)cc1C. The van der Waals surface area contributed by atoms with E-state index >= 15 is 0 Å². The first-order valence-electron chi connectivity index (χ1n) is 7.90. The molecule has 7 heteroatoms. The number of rotatable bonds is 3. The van der Waals surface area contributed by atoms with Gasteiger partial charge in [0.1, 0.15) is 6.61 Å². The summed E-state index contributed by atoms with van der Waals surface area (Å²) in [4.78, 5) is 13.7. The highest BCUT2D eigenvalue weighted by molar-refractivity contribution is 7.89. The Labute approximate surface area is 137 Å². The van der Waals surface area contributed by atoms with Crippen LogP contribution in [0.3, 0.4) is 0 Å². The third kappa shape index (κ3) is 3.07. The van der Waals surface area contributed by atoms with Gasteiger partial charge < -0.3 is 9.64 Å². The summed E-state index contributed by atoms with van der Waals surface area (Å²) in [7, 11) is -3.46. The quantitative estimate of drug-likeness (QED) is 0.844. The molecule has 2 saturated heterocycles. The van der Waals surface area contributed by atoms with Crippen LogP contribution in [0.15, 0.2) is 23.1 Å². The lowest BCUT2D eigenvalue weighted by Gasteiger charge is -2.34. The molecule has 1 aromatic carbocycles. The highest BCUT2D eigenvalue weighted by Gasteiger charge is 2.35. The van der Waals surface area contributed by atoms with E-state index in [9.17, 15) is 13.2 Å². The molecule has 2 aliphatic rings. The summed E-state index contributed by atoms with van der Waals surface area (Å²) in [6.07, 6.45) is 1.03. The number of aryl methyl sites for hydroxylation is 2. The first-order valence-corrected chi connectivity index (χ1v) is 9.34. The van der Waals surface area contributed by atoms with Gasteiger partial charge in [-0.15, -0.1) is 0 Å². The second kappa shape index (κ2) is 6.13. The Morgan fingerprint density at radius 3 is 2.35 bits per heavy atom. The molecule has 0 radical (unpaired) electrons. The van der Waals surface area contributed by atoms with Crippen LogP contribution in [0.1, 0.15) is 24.0 Å². The number of carbonyl (C=O) groups is 1. The Morgan fingerprint density at radius 2 is 1.78 bits per heavy atom. The zero-order chi connectivity index (χ0) is 16.6. The van der Waals surface area contributed by atoms with Crippen molar-refractivity contribution in [3.63, 3.8) is 0 Å². The summed E-state index contributed by atoms with van der Waals surface area (Å²) in [5, 5.41) is 0. The smallest absolute Gasteiger partial charge is 0.410 e. The Morgan fingerprint density at radius 1 is 1.09 bits per heavy atom. The zero-order valence-corrected chi connectivity index (χ0v) is 14.3. The van der Waals surface area contributed by atoms with Crippen LogP contribution in [0.25, 0.3) is 0 Å². The van der Waals surface area contributed by atoms with E-state index in [-0.39, 0.29) is 12.1 Å². The van der Waals surface area contributed by atoms with Crippen molar-refractivity contribution in [1.82, 2.24) is 9.21 Å². The summed E-state index contributed by atoms with van der Waals surface area (Å²) in [6.45, 7) is 5.78. The fraction of sp³-hybridized carbons (Fsp3) is 0.562. The minimum Gasteiger partial charge on any atom is -0.448 e. The molecule has 0 aromatic heterocycles. The molecule has 23 heavy (non-hydrogen) atoms. The van der Waals surface area contributed by atoms with Gasteiger partial charge in [0.25, 0.3) is 0 Å². The second-order valence-corrected chi connectivity index (χ2v) is 8.13. The molecular formula is C16H22N2O4S. The van der Waals surface area contributed by atoms with Gasteiger partial charge in [0.05, 0.1) is 11.4 Å². The van der Waals surface area contributed by atoms with Crippen LogP contribution < -0.4 is 0 Å². The number of amides is 1. The molecule has 126 valence electrons. The van der Waals surface area contributed by atoms with E-state index in [4.69, 9.17) is 4.74 Å². The highest BCUT2D eigenvalue weighted by Crippen LogP contribution is 2.25. The van der Waals surface area contributed by atoms with Gasteiger partial charge in [0, 0.05) is 19.1 Å². The third-order valence-corrected chi connectivity index (χ3v) is 6.67. The number of hydrogen-bond donors (Lipinski definition) is 0. The summed E-state index contributed by atoms with van der Waals surface area (Å²) in [6, 6.07) is 5.32. The largest absolute Gasteiger partial charge is 0.448 e. The van der Waals surface area contributed by atoms with Crippen molar-refractivity contribution >= 4 is 16.1 Å². The average molecular weight is 338 g/mol. The van der Waals surface area contributed by atoms with Crippen molar-refractivity contribution in [2.24, 2.45) is 0 Å². The molecule has 0 spiro atoms. The van der Waals surface area contributed by atoms with Gasteiger partial charge in [-0.2, -0.15) is 4.31 Å². The molecular weight excluding hydrogens is 316 g/mol. The van der Waals surface area contributed by atoms with Crippen LogP contribution in [-0.2, 0) is 14.8 Å². The van der Waals surface area contributed by atoms with E-state index in [1.807, 2.05) is 19.9 Å². The van der Waals surface area contributed by atoms with Crippen LogP contribution in [0.2, 0.25) is 0 Å². The number of piperidine rings is 1. The highest BCUT2D eigenvalue weighted by atomic mass is 32.2. The first-order chi connectivity index (χ1) is 10.9. The Bertz CT molecular complexity index is 709. The molecule has 0 unspecified atom stereocenters. The van der Waals surface area contributed by atoms with Gasteiger partial charge in [-0.05, 0) is 49.9 Å². The van der Waals surface area contributed by atoms with Crippen molar-refractivity contribution in [3.8, 4) is 0 Å². The number of cyclic esters (lactones) is 1. The van der Waals surface area contributed by atoms with Gasteiger partial charge >= 0.3 is 6.09 Å². The monoisotopic (exact) mass is 338 g/mol. The standard InChI is InChI=1S/C16H22N2O4S/c1-12-3-4-15(11-13(12)2)23(20,21)17-7-5-14(6-8-17)18-9-10-22-16(18)19/h3-4,11,14H,5-10H2,1-2H3. The van der Waals surface area contributed by atoms with Gasteiger partial charge in [0.15, 0.2) is 0 Å². The average Bonchev–Trinajstić information content (AvgIpc) is 2.96. The van der Waals surface area contributed by atoms with Crippen LogP contribution in [0, 0.1) is 13.8 Å². The number of sulfonamides is 1. The maximum atomic E-state index is 12.8. The summed E-state index contributed by atoms with van der Waals surface area (Å²) in [5.41, 5.74) is 2.05. The normalized spacial score (nSPS) is 20.8. The van der Waals surface area contributed by atoms with Crippen LogP contribution in [0.4, 0.5) is 4.79 Å². The minimum absolute atomic E-state index is 0.0798. The van der Waals surface area contributed by atoms with Gasteiger partial charge in [-0.3, -0.25) is 0 Å². The molecule has 6 nitrogen and oxygen atoms in total. The third-order valence-electron chi connectivity index (χ3n) is 4.77. The molecule has 0 bridgehead atoms. The topological polar surface area (TPSA) is 66.9 Å². The molecule has 1 amide bonds. The fourth-order valence-electron chi connectivity index (χ4n) is 3.15. The number of benzene rings is 1. The maximum absolute atomic E-state index is 12.8. The number of carbonyl (C=O) groups excluding carboxylic acids is 1. The zero-order valence-electron chi connectivity index (χ0n) is 13.5. The van der Waals surface area contributed by atoms with Gasteiger partial charge in [-0.25, -0.2) is 13.2 Å². The fourth-order valence-corrected chi connectivity index (χ4v) is 4.71. The lowest BCUT2D eigenvalue weighted by molar-refractivity contribution is 0.134. The predicted octanol–water partition coefficient (Wildman–Crippen LogP) is 1.91. The van der Waals surface area contributed by atoms with E-state index in [1.165, 1.54) is 4.31 Å². The van der Waals surface area contributed by atoms with Crippen molar-refractivity contribution in [3.05, 3.63) is 29.3 Å². The molecule has 0 N–H and O–H groups in total. The van der Waals surface area contributed by atoms with E-state index in [1.54, 1.807) is 17.0 Å².